The highest BCUT2D eigenvalue weighted by atomic mass is 16.3. The summed E-state index contributed by atoms with van der Waals surface area (Å²) in [6.45, 7) is 9.03. The predicted octanol–water partition coefficient (Wildman–Crippen LogP) is 1.90. The number of piperidine rings is 1. The van der Waals surface area contributed by atoms with E-state index in [9.17, 15) is 5.11 Å². The Labute approximate surface area is 115 Å². The molecule has 1 aliphatic heterocycles. The zero-order chi connectivity index (χ0) is 13.9. The fourth-order valence-electron chi connectivity index (χ4n) is 2.14. The Morgan fingerprint density at radius 1 is 1.42 bits per heavy atom. The topological polar surface area (TPSA) is 61.3 Å². The van der Waals surface area contributed by atoms with Crippen molar-refractivity contribution in [3.8, 4) is 0 Å². The van der Waals surface area contributed by atoms with E-state index < -0.39 is 0 Å². The Morgan fingerprint density at radius 2 is 2.21 bits per heavy atom. The number of nitrogens with one attached hydrogen (secondary N) is 1. The van der Waals surface area contributed by atoms with Gasteiger partial charge in [-0.25, -0.2) is 9.97 Å². The average Bonchev–Trinajstić information content (AvgIpc) is 2.36. The van der Waals surface area contributed by atoms with Crippen molar-refractivity contribution in [3.05, 3.63) is 12.4 Å². The van der Waals surface area contributed by atoms with Crippen LogP contribution >= 0.6 is 0 Å². The van der Waals surface area contributed by atoms with Crippen LogP contribution in [0.5, 0.6) is 0 Å². The second-order valence-electron chi connectivity index (χ2n) is 6.42. The summed E-state index contributed by atoms with van der Waals surface area (Å²) in [6.07, 6.45) is 3.24. The minimum absolute atomic E-state index is 0.215. The molecule has 5 heteroatoms. The molecule has 0 saturated carbocycles. The quantitative estimate of drug-likeness (QED) is 0.873. The van der Waals surface area contributed by atoms with E-state index in [1.54, 1.807) is 6.33 Å². The Balaban J connectivity index is 2.02. The van der Waals surface area contributed by atoms with Gasteiger partial charge in [-0.2, -0.15) is 0 Å². The summed E-state index contributed by atoms with van der Waals surface area (Å²) in [7, 11) is 0. The lowest BCUT2D eigenvalue weighted by Gasteiger charge is -2.31. The minimum Gasteiger partial charge on any atom is -0.391 e. The number of hydrogen-bond donors (Lipinski definition) is 2. The van der Waals surface area contributed by atoms with Gasteiger partial charge < -0.3 is 15.3 Å². The van der Waals surface area contributed by atoms with Crippen LogP contribution in [0, 0.1) is 5.41 Å². The maximum absolute atomic E-state index is 9.72. The van der Waals surface area contributed by atoms with Crippen LogP contribution in [0.2, 0.25) is 0 Å². The van der Waals surface area contributed by atoms with Crippen LogP contribution in [0.15, 0.2) is 12.4 Å². The van der Waals surface area contributed by atoms with Crippen LogP contribution in [0.3, 0.4) is 0 Å². The maximum atomic E-state index is 9.72. The molecule has 2 N–H and O–H groups in total. The highest BCUT2D eigenvalue weighted by molar-refractivity contribution is 5.48. The molecule has 1 saturated heterocycles. The van der Waals surface area contributed by atoms with Gasteiger partial charge in [0.15, 0.2) is 0 Å². The van der Waals surface area contributed by atoms with Crippen LogP contribution in [-0.4, -0.2) is 40.8 Å². The number of hydrogen-bond acceptors (Lipinski definition) is 5. The first kappa shape index (κ1) is 14.1. The molecular weight excluding hydrogens is 240 g/mol. The lowest BCUT2D eigenvalue weighted by Crippen LogP contribution is -2.38. The number of aromatic nitrogens is 2. The fourth-order valence-corrected chi connectivity index (χ4v) is 2.14. The molecule has 19 heavy (non-hydrogen) atoms. The van der Waals surface area contributed by atoms with E-state index in [0.717, 1.165) is 37.6 Å². The molecule has 0 radical (unpaired) electrons. The predicted molar refractivity (Wildman–Crippen MR) is 77.4 cm³/mol. The number of rotatable bonds is 3. The zero-order valence-corrected chi connectivity index (χ0v) is 12.1. The van der Waals surface area contributed by atoms with Crippen LogP contribution in [-0.2, 0) is 0 Å². The lowest BCUT2D eigenvalue weighted by molar-refractivity contribution is 0.154. The van der Waals surface area contributed by atoms with Crippen molar-refractivity contribution in [2.24, 2.45) is 5.41 Å². The third-order valence-electron chi connectivity index (χ3n) is 3.17. The Hall–Kier alpha value is -1.36. The van der Waals surface area contributed by atoms with Gasteiger partial charge in [-0.1, -0.05) is 20.8 Å². The normalized spacial score (nSPS) is 20.4. The molecule has 0 aliphatic carbocycles. The van der Waals surface area contributed by atoms with Crippen molar-refractivity contribution in [1.29, 1.82) is 0 Å². The molecule has 2 heterocycles. The second kappa shape index (κ2) is 5.74. The van der Waals surface area contributed by atoms with Crippen LogP contribution in [0.1, 0.15) is 33.6 Å². The summed E-state index contributed by atoms with van der Waals surface area (Å²) in [6, 6.07) is 1.96. The van der Waals surface area contributed by atoms with E-state index >= 15 is 0 Å². The highest BCUT2D eigenvalue weighted by Crippen LogP contribution is 2.20. The van der Waals surface area contributed by atoms with E-state index in [2.05, 4.69) is 41.0 Å². The number of aliphatic hydroxyl groups excluding tert-OH is 1. The van der Waals surface area contributed by atoms with Gasteiger partial charge in [0.1, 0.15) is 18.0 Å². The van der Waals surface area contributed by atoms with Gasteiger partial charge in [0.2, 0.25) is 0 Å². The van der Waals surface area contributed by atoms with E-state index in [1.807, 2.05) is 6.07 Å². The van der Waals surface area contributed by atoms with Gasteiger partial charge in [-0.3, -0.25) is 0 Å². The molecular formula is C14H24N4O. The van der Waals surface area contributed by atoms with Crippen LogP contribution in [0.4, 0.5) is 11.6 Å². The van der Waals surface area contributed by atoms with Crippen molar-refractivity contribution < 1.29 is 5.11 Å². The summed E-state index contributed by atoms with van der Waals surface area (Å²) >= 11 is 0. The summed E-state index contributed by atoms with van der Waals surface area (Å²) in [4.78, 5) is 10.7. The number of β-amino-alcohol motifs (C(OH)–C–C–N with tert-alkyl or cyclic N) is 1. The van der Waals surface area contributed by atoms with Crippen LogP contribution < -0.4 is 10.2 Å². The molecule has 0 amide bonds. The first-order valence-electron chi connectivity index (χ1n) is 6.93. The molecule has 0 aromatic carbocycles. The summed E-state index contributed by atoms with van der Waals surface area (Å²) in [5.74, 6) is 1.74. The van der Waals surface area contributed by atoms with Gasteiger partial charge in [0.25, 0.3) is 0 Å². The molecule has 106 valence electrons. The molecule has 5 nitrogen and oxygen atoms in total. The molecule has 1 aromatic heterocycles. The van der Waals surface area contributed by atoms with Crippen molar-refractivity contribution in [2.75, 3.05) is 29.9 Å². The molecule has 1 aliphatic rings. The summed E-state index contributed by atoms with van der Waals surface area (Å²) < 4.78 is 0. The van der Waals surface area contributed by atoms with Gasteiger partial charge >= 0.3 is 0 Å². The molecule has 1 fully saturated rings. The second-order valence-corrected chi connectivity index (χ2v) is 6.42. The maximum Gasteiger partial charge on any atom is 0.134 e. The standard InChI is InChI=1S/C14H24N4O/c1-14(2,3)9-15-12-7-13(17-10-16-12)18-6-4-5-11(19)8-18/h7,10-11,19H,4-6,8-9H2,1-3H3,(H,15,16,17). The SMILES string of the molecule is CC(C)(C)CNc1cc(N2CCCC(O)C2)ncn1. The van der Waals surface area contributed by atoms with Gasteiger partial charge in [-0.15, -0.1) is 0 Å². The molecule has 1 aromatic rings. The smallest absolute Gasteiger partial charge is 0.134 e. The first-order chi connectivity index (χ1) is 8.94. The Kier molecular flexibility index (Phi) is 4.24. The molecule has 2 rings (SSSR count). The Morgan fingerprint density at radius 3 is 2.89 bits per heavy atom. The van der Waals surface area contributed by atoms with Gasteiger partial charge in [-0.05, 0) is 18.3 Å². The number of nitrogens with zero attached hydrogens (tertiary/aromatic N) is 3. The Bertz CT molecular complexity index is 416. The van der Waals surface area contributed by atoms with Gasteiger partial charge in [0.05, 0.1) is 6.10 Å². The summed E-state index contributed by atoms with van der Waals surface area (Å²) in [5.41, 5.74) is 0.215. The third kappa shape index (κ3) is 4.35. The molecule has 1 atom stereocenters. The monoisotopic (exact) mass is 264 g/mol. The lowest BCUT2D eigenvalue weighted by atomic mass is 9.97. The summed E-state index contributed by atoms with van der Waals surface area (Å²) in [5, 5.41) is 13.1. The zero-order valence-electron chi connectivity index (χ0n) is 12.1. The van der Waals surface area contributed by atoms with Crippen molar-refractivity contribution in [3.63, 3.8) is 0 Å². The van der Waals surface area contributed by atoms with Gasteiger partial charge in [0, 0.05) is 25.7 Å². The number of anilines is 2. The van der Waals surface area contributed by atoms with E-state index in [1.165, 1.54) is 0 Å². The largest absolute Gasteiger partial charge is 0.391 e. The van der Waals surface area contributed by atoms with Crippen molar-refractivity contribution in [2.45, 2.75) is 39.7 Å². The van der Waals surface area contributed by atoms with Crippen molar-refractivity contribution in [1.82, 2.24) is 9.97 Å². The average molecular weight is 264 g/mol. The molecule has 0 spiro atoms. The number of aliphatic hydroxyl groups is 1. The fraction of sp³-hybridized carbons (Fsp3) is 0.714. The van der Waals surface area contributed by atoms with E-state index in [4.69, 9.17) is 0 Å². The van der Waals surface area contributed by atoms with E-state index in [-0.39, 0.29) is 11.5 Å². The van der Waals surface area contributed by atoms with Crippen LogP contribution in [0.25, 0.3) is 0 Å². The minimum atomic E-state index is -0.241. The molecule has 1 unspecified atom stereocenters. The van der Waals surface area contributed by atoms with E-state index in [0.29, 0.717) is 6.54 Å². The molecule has 0 bridgehead atoms. The highest BCUT2D eigenvalue weighted by Gasteiger charge is 2.19. The third-order valence-corrected chi connectivity index (χ3v) is 3.17. The first-order valence-corrected chi connectivity index (χ1v) is 6.93. The van der Waals surface area contributed by atoms with Crippen molar-refractivity contribution >= 4 is 11.6 Å².